The van der Waals surface area contributed by atoms with Gasteiger partial charge in [-0.2, -0.15) is 5.10 Å². The summed E-state index contributed by atoms with van der Waals surface area (Å²) in [7, 11) is 1.81. The maximum absolute atomic E-state index is 12.2. The molecule has 22 heavy (non-hydrogen) atoms. The second-order valence-electron chi connectivity index (χ2n) is 5.89. The molecule has 3 rings (SSSR count). The Labute approximate surface area is 130 Å². The van der Waals surface area contributed by atoms with Crippen LogP contribution in [0.1, 0.15) is 41.7 Å². The molecule has 2 heterocycles. The number of carbonyl (C=O) groups excluding carboxylic acids is 1. The fraction of sp³-hybridized carbons (Fsp3) is 0.412. The van der Waals surface area contributed by atoms with Crippen LogP contribution >= 0.6 is 0 Å². The van der Waals surface area contributed by atoms with Crippen LogP contribution in [0.15, 0.2) is 36.7 Å². The van der Waals surface area contributed by atoms with Crippen molar-refractivity contribution in [2.24, 2.45) is 7.05 Å². The molecule has 0 bridgehead atoms. The molecule has 0 saturated carbocycles. The highest BCUT2D eigenvalue weighted by atomic mass is 16.1. The van der Waals surface area contributed by atoms with Gasteiger partial charge in [0.2, 0.25) is 0 Å². The molecule has 116 valence electrons. The van der Waals surface area contributed by atoms with Crippen LogP contribution in [0.4, 0.5) is 5.69 Å². The topological polar surface area (TPSA) is 50.2 Å². The lowest BCUT2D eigenvalue weighted by Gasteiger charge is -2.20. The van der Waals surface area contributed by atoms with Crippen LogP contribution < -0.4 is 10.2 Å². The van der Waals surface area contributed by atoms with Crippen LogP contribution in [0.5, 0.6) is 0 Å². The van der Waals surface area contributed by atoms with Gasteiger partial charge in [-0.25, -0.2) is 0 Å². The predicted molar refractivity (Wildman–Crippen MR) is 87.0 cm³/mol. The number of benzene rings is 1. The predicted octanol–water partition coefficient (Wildman–Crippen LogP) is 2.51. The maximum atomic E-state index is 12.2. The van der Waals surface area contributed by atoms with Gasteiger partial charge in [-0.1, -0.05) is 12.1 Å². The Morgan fingerprint density at radius 2 is 2.09 bits per heavy atom. The van der Waals surface area contributed by atoms with Gasteiger partial charge in [0.15, 0.2) is 0 Å². The number of rotatable bonds is 4. The molecule has 0 radical (unpaired) electrons. The molecule has 1 atom stereocenters. The Kier molecular flexibility index (Phi) is 4.13. The van der Waals surface area contributed by atoms with Crippen LogP contribution in [-0.4, -0.2) is 28.8 Å². The van der Waals surface area contributed by atoms with Crippen molar-refractivity contribution < 1.29 is 4.79 Å². The van der Waals surface area contributed by atoms with E-state index < -0.39 is 0 Å². The molecule has 2 aromatic rings. The Balaban J connectivity index is 1.70. The van der Waals surface area contributed by atoms with Crippen molar-refractivity contribution in [3.63, 3.8) is 0 Å². The molecule has 1 saturated heterocycles. The summed E-state index contributed by atoms with van der Waals surface area (Å²) in [6.07, 6.45) is 5.83. The van der Waals surface area contributed by atoms with E-state index in [9.17, 15) is 4.79 Å². The first-order chi connectivity index (χ1) is 10.6. The SMILES string of the molecule is C[C@@H](NC(=O)c1cnn(C)c1)c1cccc(N2CCCC2)c1. The Bertz CT molecular complexity index is 658. The third kappa shape index (κ3) is 3.13. The van der Waals surface area contributed by atoms with Crippen LogP contribution in [0, 0.1) is 0 Å². The van der Waals surface area contributed by atoms with Gasteiger partial charge in [-0.3, -0.25) is 9.48 Å². The summed E-state index contributed by atoms with van der Waals surface area (Å²) in [6, 6.07) is 8.42. The monoisotopic (exact) mass is 298 g/mol. The summed E-state index contributed by atoms with van der Waals surface area (Å²) in [4.78, 5) is 14.6. The van der Waals surface area contributed by atoms with Crippen molar-refractivity contribution >= 4 is 11.6 Å². The first-order valence-corrected chi connectivity index (χ1v) is 7.78. The molecule has 1 aromatic heterocycles. The second-order valence-corrected chi connectivity index (χ2v) is 5.89. The summed E-state index contributed by atoms with van der Waals surface area (Å²) in [5.74, 6) is -0.0906. The number of hydrogen-bond donors (Lipinski definition) is 1. The van der Waals surface area contributed by atoms with E-state index in [1.807, 2.05) is 6.92 Å². The van der Waals surface area contributed by atoms with E-state index in [1.54, 1.807) is 24.1 Å². The molecule has 1 aliphatic rings. The molecule has 5 heteroatoms. The number of anilines is 1. The maximum Gasteiger partial charge on any atom is 0.254 e. The smallest absolute Gasteiger partial charge is 0.254 e. The van der Waals surface area contributed by atoms with Crippen LogP contribution in [0.3, 0.4) is 0 Å². The minimum absolute atomic E-state index is 0.0322. The van der Waals surface area contributed by atoms with Gasteiger partial charge in [0.05, 0.1) is 17.8 Å². The van der Waals surface area contributed by atoms with Crippen LogP contribution in [0.25, 0.3) is 0 Å². The van der Waals surface area contributed by atoms with Crippen LogP contribution in [0.2, 0.25) is 0 Å². The molecule has 0 aliphatic carbocycles. The Morgan fingerprint density at radius 3 is 2.77 bits per heavy atom. The standard InChI is InChI=1S/C17H22N4O/c1-13(19-17(22)15-11-18-20(2)12-15)14-6-5-7-16(10-14)21-8-3-4-9-21/h5-7,10-13H,3-4,8-9H2,1-2H3,(H,19,22)/t13-/m1/s1. The number of aromatic nitrogens is 2. The number of hydrogen-bond acceptors (Lipinski definition) is 3. The fourth-order valence-corrected chi connectivity index (χ4v) is 2.87. The lowest BCUT2D eigenvalue weighted by Crippen LogP contribution is -2.26. The van der Waals surface area contributed by atoms with Crippen molar-refractivity contribution in [3.05, 3.63) is 47.8 Å². The molecule has 5 nitrogen and oxygen atoms in total. The molecular formula is C17H22N4O. The lowest BCUT2D eigenvalue weighted by atomic mass is 10.1. The molecule has 1 aromatic carbocycles. The van der Waals surface area contributed by atoms with E-state index >= 15 is 0 Å². The quantitative estimate of drug-likeness (QED) is 0.943. The molecule has 1 amide bonds. The molecule has 1 aliphatic heterocycles. The van der Waals surface area contributed by atoms with Gasteiger partial charge in [-0.05, 0) is 37.5 Å². The molecule has 0 unspecified atom stereocenters. The Hall–Kier alpha value is -2.30. The summed E-state index contributed by atoms with van der Waals surface area (Å²) in [5, 5.41) is 7.07. The first-order valence-electron chi connectivity index (χ1n) is 7.78. The third-order valence-corrected chi connectivity index (χ3v) is 4.16. The summed E-state index contributed by atoms with van der Waals surface area (Å²) >= 11 is 0. The largest absolute Gasteiger partial charge is 0.372 e. The number of carbonyl (C=O) groups is 1. The highest BCUT2D eigenvalue weighted by Crippen LogP contribution is 2.24. The summed E-state index contributed by atoms with van der Waals surface area (Å²) in [6.45, 7) is 4.26. The zero-order valence-corrected chi connectivity index (χ0v) is 13.1. The Morgan fingerprint density at radius 1 is 1.32 bits per heavy atom. The van der Waals surface area contributed by atoms with Gasteiger partial charge in [0.1, 0.15) is 0 Å². The molecule has 1 N–H and O–H groups in total. The van der Waals surface area contributed by atoms with Crippen molar-refractivity contribution in [2.75, 3.05) is 18.0 Å². The zero-order chi connectivity index (χ0) is 15.5. The average molecular weight is 298 g/mol. The fourth-order valence-electron chi connectivity index (χ4n) is 2.87. The second kappa shape index (κ2) is 6.22. The first kappa shape index (κ1) is 14.6. The minimum Gasteiger partial charge on any atom is -0.372 e. The highest BCUT2D eigenvalue weighted by molar-refractivity contribution is 5.93. The van der Waals surface area contributed by atoms with Gasteiger partial charge >= 0.3 is 0 Å². The zero-order valence-electron chi connectivity index (χ0n) is 13.1. The average Bonchev–Trinajstić information content (AvgIpc) is 3.18. The summed E-state index contributed by atoms with van der Waals surface area (Å²) < 4.78 is 1.63. The molecule has 1 fully saturated rings. The van der Waals surface area contributed by atoms with Crippen molar-refractivity contribution in [2.45, 2.75) is 25.8 Å². The van der Waals surface area contributed by atoms with Gasteiger partial charge in [0.25, 0.3) is 5.91 Å². The van der Waals surface area contributed by atoms with E-state index in [4.69, 9.17) is 0 Å². The van der Waals surface area contributed by atoms with E-state index in [0.29, 0.717) is 5.56 Å². The lowest BCUT2D eigenvalue weighted by molar-refractivity contribution is 0.0940. The van der Waals surface area contributed by atoms with Crippen LogP contribution in [-0.2, 0) is 7.05 Å². The van der Waals surface area contributed by atoms with E-state index in [1.165, 1.54) is 18.5 Å². The van der Waals surface area contributed by atoms with Crippen molar-refractivity contribution in [3.8, 4) is 0 Å². The van der Waals surface area contributed by atoms with E-state index in [-0.39, 0.29) is 11.9 Å². The third-order valence-electron chi connectivity index (χ3n) is 4.16. The van der Waals surface area contributed by atoms with Gasteiger partial charge in [-0.15, -0.1) is 0 Å². The normalized spacial score (nSPS) is 15.8. The van der Waals surface area contributed by atoms with Gasteiger partial charge in [0, 0.05) is 32.0 Å². The molecular weight excluding hydrogens is 276 g/mol. The summed E-state index contributed by atoms with van der Waals surface area (Å²) in [5.41, 5.74) is 2.96. The van der Waals surface area contributed by atoms with E-state index in [2.05, 4.69) is 39.6 Å². The minimum atomic E-state index is -0.0906. The number of aryl methyl sites for hydroxylation is 1. The molecule has 0 spiro atoms. The van der Waals surface area contributed by atoms with Gasteiger partial charge < -0.3 is 10.2 Å². The van der Waals surface area contributed by atoms with Crippen molar-refractivity contribution in [1.29, 1.82) is 0 Å². The number of nitrogens with zero attached hydrogens (tertiary/aromatic N) is 3. The number of amides is 1. The van der Waals surface area contributed by atoms with E-state index in [0.717, 1.165) is 18.7 Å². The number of nitrogens with one attached hydrogen (secondary N) is 1. The van der Waals surface area contributed by atoms with Crippen molar-refractivity contribution in [1.82, 2.24) is 15.1 Å². The highest BCUT2D eigenvalue weighted by Gasteiger charge is 2.16.